The minimum atomic E-state index is 0.689. The molecular weight excluding hydrogens is 220 g/mol. The predicted molar refractivity (Wildman–Crippen MR) is 76.5 cm³/mol. The van der Waals surface area contributed by atoms with Crippen molar-refractivity contribution in [3.05, 3.63) is 36.0 Å². The van der Waals surface area contributed by atoms with Crippen molar-refractivity contribution < 1.29 is 0 Å². The van der Waals surface area contributed by atoms with E-state index in [1.165, 1.54) is 29.3 Å². The number of aromatic nitrogens is 1. The fourth-order valence-electron chi connectivity index (χ4n) is 3.17. The van der Waals surface area contributed by atoms with E-state index in [2.05, 4.69) is 54.6 Å². The Morgan fingerprint density at radius 3 is 2.83 bits per heavy atom. The van der Waals surface area contributed by atoms with Crippen LogP contribution in [-0.4, -0.2) is 11.0 Å². The molecule has 0 spiro atoms. The van der Waals surface area contributed by atoms with Crippen molar-refractivity contribution in [2.45, 2.75) is 39.3 Å². The maximum atomic E-state index is 3.74. The van der Waals surface area contributed by atoms with Crippen LogP contribution in [0.5, 0.6) is 0 Å². The number of hydrogen-bond donors (Lipinski definition) is 2. The van der Waals surface area contributed by atoms with Gasteiger partial charge in [-0.15, -0.1) is 0 Å². The van der Waals surface area contributed by atoms with Gasteiger partial charge in [0.05, 0.1) is 0 Å². The third-order valence-corrected chi connectivity index (χ3v) is 4.69. The molecular formula is C16H22N2. The highest BCUT2D eigenvalue weighted by molar-refractivity contribution is 5.82. The van der Waals surface area contributed by atoms with Crippen molar-refractivity contribution >= 4 is 10.9 Å². The molecule has 3 rings (SSSR count). The summed E-state index contributed by atoms with van der Waals surface area (Å²) in [5.41, 5.74) is 2.62. The van der Waals surface area contributed by atoms with E-state index in [0.29, 0.717) is 6.04 Å². The monoisotopic (exact) mass is 242 g/mol. The van der Waals surface area contributed by atoms with Crippen LogP contribution < -0.4 is 5.32 Å². The first kappa shape index (κ1) is 11.8. The van der Waals surface area contributed by atoms with Crippen LogP contribution in [0, 0.1) is 11.8 Å². The summed E-state index contributed by atoms with van der Waals surface area (Å²) in [6.07, 6.45) is 4.83. The Labute approximate surface area is 109 Å². The molecule has 2 N–H and O–H groups in total. The minimum Gasteiger partial charge on any atom is -0.361 e. The highest BCUT2D eigenvalue weighted by Crippen LogP contribution is 2.31. The molecule has 0 amide bonds. The second-order valence-electron chi connectivity index (χ2n) is 5.76. The number of nitrogens with one attached hydrogen (secondary N) is 2. The summed E-state index contributed by atoms with van der Waals surface area (Å²) >= 11 is 0. The van der Waals surface area contributed by atoms with Crippen molar-refractivity contribution in [3.63, 3.8) is 0 Å². The van der Waals surface area contributed by atoms with Gasteiger partial charge in [0.15, 0.2) is 0 Å². The molecule has 1 saturated carbocycles. The average molecular weight is 242 g/mol. The van der Waals surface area contributed by atoms with Crippen LogP contribution in [0.3, 0.4) is 0 Å². The van der Waals surface area contributed by atoms with Gasteiger partial charge in [0.25, 0.3) is 0 Å². The number of fused-ring (bicyclic) bond motifs is 1. The molecule has 2 heteroatoms. The first-order valence-corrected chi connectivity index (χ1v) is 7.04. The Morgan fingerprint density at radius 1 is 1.22 bits per heavy atom. The Kier molecular flexibility index (Phi) is 3.13. The second kappa shape index (κ2) is 4.77. The molecule has 0 aliphatic heterocycles. The maximum absolute atomic E-state index is 3.74. The number of hydrogen-bond acceptors (Lipinski definition) is 1. The average Bonchev–Trinajstić information content (AvgIpc) is 2.94. The molecule has 1 aliphatic rings. The van der Waals surface area contributed by atoms with Gasteiger partial charge in [-0.3, -0.25) is 0 Å². The molecule has 1 heterocycles. The van der Waals surface area contributed by atoms with Gasteiger partial charge in [0.2, 0.25) is 0 Å². The van der Waals surface area contributed by atoms with Gasteiger partial charge in [-0.25, -0.2) is 0 Å². The summed E-state index contributed by atoms with van der Waals surface area (Å²) in [6, 6.07) is 9.22. The first-order valence-electron chi connectivity index (χ1n) is 7.04. The third kappa shape index (κ3) is 2.05. The predicted octanol–water partition coefficient (Wildman–Crippen LogP) is 3.69. The molecule has 1 aromatic carbocycles. The zero-order valence-electron chi connectivity index (χ0n) is 11.2. The maximum Gasteiger partial charge on any atom is 0.0457 e. The van der Waals surface area contributed by atoms with Gasteiger partial charge in [-0.2, -0.15) is 0 Å². The van der Waals surface area contributed by atoms with Crippen molar-refractivity contribution in [3.8, 4) is 0 Å². The van der Waals surface area contributed by atoms with E-state index in [-0.39, 0.29) is 0 Å². The van der Waals surface area contributed by atoms with Crippen LogP contribution in [0.15, 0.2) is 30.5 Å². The van der Waals surface area contributed by atoms with Gasteiger partial charge in [0, 0.05) is 29.7 Å². The van der Waals surface area contributed by atoms with E-state index in [9.17, 15) is 0 Å². The lowest BCUT2D eigenvalue weighted by molar-refractivity contribution is 0.370. The summed E-state index contributed by atoms with van der Waals surface area (Å²) < 4.78 is 0. The third-order valence-electron chi connectivity index (χ3n) is 4.69. The molecule has 2 aromatic rings. The van der Waals surface area contributed by atoms with Gasteiger partial charge in [0.1, 0.15) is 0 Å². The molecule has 3 unspecified atom stereocenters. The van der Waals surface area contributed by atoms with Crippen molar-refractivity contribution in [1.29, 1.82) is 0 Å². The molecule has 96 valence electrons. The van der Waals surface area contributed by atoms with E-state index < -0.39 is 0 Å². The Balaban J connectivity index is 1.70. The van der Waals surface area contributed by atoms with Crippen LogP contribution >= 0.6 is 0 Å². The molecule has 0 saturated heterocycles. The van der Waals surface area contributed by atoms with Gasteiger partial charge >= 0.3 is 0 Å². The molecule has 18 heavy (non-hydrogen) atoms. The molecule has 3 atom stereocenters. The smallest absolute Gasteiger partial charge is 0.0457 e. The molecule has 1 aliphatic carbocycles. The topological polar surface area (TPSA) is 27.8 Å². The van der Waals surface area contributed by atoms with Crippen LogP contribution in [0.2, 0.25) is 0 Å². The van der Waals surface area contributed by atoms with Crippen LogP contribution in [0.4, 0.5) is 0 Å². The van der Waals surface area contributed by atoms with E-state index in [1.807, 2.05) is 0 Å². The SMILES string of the molecule is CC1CCC(NCc2c[nH]c3ccccc23)C1C. The summed E-state index contributed by atoms with van der Waals surface area (Å²) in [7, 11) is 0. The van der Waals surface area contributed by atoms with Gasteiger partial charge < -0.3 is 10.3 Å². The van der Waals surface area contributed by atoms with Crippen molar-refractivity contribution in [2.24, 2.45) is 11.8 Å². The highest BCUT2D eigenvalue weighted by Gasteiger charge is 2.29. The summed E-state index contributed by atoms with van der Waals surface area (Å²) in [5.74, 6) is 1.67. The second-order valence-corrected chi connectivity index (χ2v) is 5.76. The normalized spacial score (nSPS) is 28.0. The summed E-state index contributed by atoms with van der Waals surface area (Å²) in [4.78, 5) is 3.34. The Morgan fingerprint density at radius 2 is 2.06 bits per heavy atom. The Hall–Kier alpha value is -1.28. The quantitative estimate of drug-likeness (QED) is 0.844. The summed E-state index contributed by atoms with van der Waals surface area (Å²) in [5, 5.41) is 5.09. The molecule has 1 aromatic heterocycles. The number of para-hydroxylation sites is 1. The van der Waals surface area contributed by atoms with E-state index in [1.54, 1.807) is 0 Å². The van der Waals surface area contributed by atoms with Crippen LogP contribution in [0.25, 0.3) is 10.9 Å². The minimum absolute atomic E-state index is 0.689. The van der Waals surface area contributed by atoms with Crippen LogP contribution in [0.1, 0.15) is 32.3 Å². The largest absolute Gasteiger partial charge is 0.361 e. The summed E-state index contributed by atoms with van der Waals surface area (Å²) in [6.45, 7) is 5.73. The van der Waals surface area contributed by atoms with E-state index in [0.717, 1.165) is 18.4 Å². The molecule has 2 nitrogen and oxygen atoms in total. The van der Waals surface area contributed by atoms with E-state index >= 15 is 0 Å². The standard InChI is InChI=1S/C16H22N2/c1-11-7-8-15(12(11)2)17-9-13-10-18-16-6-4-3-5-14(13)16/h3-6,10-12,15,17-18H,7-9H2,1-2H3. The van der Waals surface area contributed by atoms with Crippen molar-refractivity contribution in [1.82, 2.24) is 10.3 Å². The number of H-pyrrole nitrogens is 1. The molecule has 0 radical (unpaired) electrons. The fourth-order valence-corrected chi connectivity index (χ4v) is 3.17. The lowest BCUT2D eigenvalue weighted by Crippen LogP contribution is -2.31. The zero-order chi connectivity index (χ0) is 12.5. The lowest BCUT2D eigenvalue weighted by Gasteiger charge is -2.19. The lowest BCUT2D eigenvalue weighted by atomic mass is 9.97. The number of rotatable bonds is 3. The first-order chi connectivity index (χ1) is 8.75. The van der Waals surface area contributed by atoms with Crippen LogP contribution in [-0.2, 0) is 6.54 Å². The number of aromatic amines is 1. The highest BCUT2D eigenvalue weighted by atomic mass is 14.9. The van der Waals surface area contributed by atoms with Crippen molar-refractivity contribution in [2.75, 3.05) is 0 Å². The fraction of sp³-hybridized carbons (Fsp3) is 0.500. The Bertz CT molecular complexity index is 529. The molecule has 1 fully saturated rings. The molecule has 0 bridgehead atoms. The van der Waals surface area contributed by atoms with E-state index in [4.69, 9.17) is 0 Å². The number of benzene rings is 1. The van der Waals surface area contributed by atoms with Gasteiger partial charge in [-0.1, -0.05) is 32.0 Å². The zero-order valence-corrected chi connectivity index (χ0v) is 11.2. The van der Waals surface area contributed by atoms with Gasteiger partial charge in [-0.05, 0) is 36.3 Å².